The smallest absolute Gasteiger partial charge is 0.230 e. The van der Waals surface area contributed by atoms with Gasteiger partial charge >= 0.3 is 0 Å². The van der Waals surface area contributed by atoms with Crippen molar-refractivity contribution in [3.05, 3.63) is 18.5 Å². The first-order valence-electron chi connectivity index (χ1n) is 5.91. The third-order valence-electron chi connectivity index (χ3n) is 2.57. The van der Waals surface area contributed by atoms with Gasteiger partial charge in [0.25, 0.3) is 0 Å². The standard InChI is InChI=1S/C11H19N5O2/c1-2-4-9(10(12)15-18)11(17)13-6-8-16-7-3-5-14-16/h3,5,7,9,18H,2,4,6,8H2,1H3,(H2,12,15)(H,13,17). The molecule has 1 atom stereocenters. The molecule has 0 fully saturated rings. The monoisotopic (exact) mass is 253 g/mol. The number of aromatic nitrogens is 2. The van der Waals surface area contributed by atoms with Crippen LogP contribution in [0.2, 0.25) is 0 Å². The lowest BCUT2D eigenvalue weighted by Gasteiger charge is -2.14. The first kappa shape index (κ1) is 14.0. The summed E-state index contributed by atoms with van der Waals surface area (Å²) >= 11 is 0. The number of hydrogen-bond donors (Lipinski definition) is 3. The number of amidine groups is 1. The minimum Gasteiger partial charge on any atom is -0.409 e. The van der Waals surface area contributed by atoms with Crippen molar-refractivity contribution in [2.24, 2.45) is 16.8 Å². The molecule has 7 heteroatoms. The summed E-state index contributed by atoms with van der Waals surface area (Å²) in [6.45, 7) is 2.99. The van der Waals surface area contributed by atoms with Crippen LogP contribution in [0, 0.1) is 5.92 Å². The van der Waals surface area contributed by atoms with Gasteiger partial charge in [-0.05, 0) is 12.5 Å². The van der Waals surface area contributed by atoms with E-state index >= 15 is 0 Å². The Balaban J connectivity index is 2.41. The fourth-order valence-corrected chi connectivity index (χ4v) is 1.62. The molecule has 0 aliphatic carbocycles. The third kappa shape index (κ3) is 4.08. The van der Waals surface area contributed by atoms with Gasteiger partial charge in [0.1, 0.15) is 0 Å². The van der Waals surface area contributed by atoms with Gasteiger partial charge in [-0.25, -0.2) is 0 Å². The van der Waals surface area contributed by atoms with Crippen molar-refractivity contribution in [1.82, 2.24) is 15.1 Å². The lowest BCUT2D eigenvalue weighted by atomic mass is 10.0. The zero-order valence-corrected chi connectivity index (χ0v) is 10.4. The van der Waals surface area contributed by atoms with Crippen LogP contribution in [0.15, 0.2) is 23.6 Å². The fraction of sp³-hybridized carbons (Fsp3) is 0.545. The Hall–Kier alpha value is -2.05. The van der Waals surface area contributed by atoms with Crippen molar-refractivity contribution in [3.8, 4) is 0 Å². The highest BCUT2D eigenvalue weighted by atomic mass is 16.4. The molecule has 1 aromatic rings. The molecular weight excluding hydrogens is 234 g/mol. The van der Waals surface area contributed by atoms with E-state index in [-0.39, 0.29) is 11.7 Å². The van der Waals surface area contributed by atoms with Crippen LogP contribution in [0.3, 0.4) is 0 Å². The van der Waals surface area contributed by atoms with Crippen molar-refractivity contribution in [1.29, 1.82) is 0 Å². The Morgan fingerprint density at radius 2 is 2.44 bits per heavy atom. The van der Waals surface area contributed by atoms with E-state index in [0.29, 0.717) is 19.5 Å². The Kier molecular flexibility index (Phi) is 5.69. The Morgan fingerprint density at radius 1 is 1.67 bits per heavy atom. The van der Waals surface area contributed by atoms with Crippen LogP contribution in [0.4, 0.5) is 0 Å². The molecule has 0 aromatic carbocycles. The summed E-state index contributed by atoms with van der Waals surface area (Å²) in [6, 6.07) is 1.82. The molecule has 0 spiro atoms. The van der Waals surface area contributed by atoms with Crippen LogP contribution in [0.1, 0.15) is 19.8 Å². The van der Waals surface area contributed by atoms with Crippen LogP contribution < -0.4 is 11.1 Å². The van der Waals surface area contributed by atoms with E-state index in [0.717, 1.165) is 6.42 Å². The van der Waals surface area contributed by atoms with Gasteiger partial charge in [0.05, 0.1) is 12.5 Å². The largest absolute Gasteiger partial charge is 0.409 e. The van der Waals surface area contributed by atoms with Gasteiger partial charge in [-0.15, -0.1) is 0 Å². The number of amides is 1. The van der Waals surface area contributed by atoms with E-state index in [9.17, 15) is 4.79 Å². The summed E-state index contributed by atoms with van der Waals surface area (Å²) in [4.78, 5) is 11.8. The number of rotatable bonds is 7. The molecule has 1 amide bonds. The minimum absolute atomic E-state index is 0.0477. The topological polar surface area (TPSA) is 106 Å². The minimum atomic E-state index is -0.572. The van der Waals surface area contributed by atoms with Crippen LogP contribution in [0.25, 0.3) is 0 Å². The lowest BCUT2D eigenvalue weighted by Crippen LogP contribution is -2.40. The number of nitrogens with two attached hydrogens (primary N) is 1. The zero-order chi connectivity index (χ0) is 13.4. The maximum absolute atomic E-state index is 11.8. The van der Waals surface area contributed by atoms with E-state index in [1.165, 1.54) is 0 Å². The molecule has 0 saturated carbocycles. The van der Waals surface area contributed by atoms with Crippen molar-refractivity contribution in [3.63, 3.8) is 0 Å². The van der Waals surface area contributed by atoms with Gasteiger partial charge in [0.2, 0.25) is 5.91 Å². The predicted octanol–water partition coefficient (Wildman–Crippen LogP) is 0.162. The fourth-order valence-electron chi connectivity index (χ4n) is 1.62. The molecule has 100 valence electrons. The molecule has 4 N–H and O–H groups in total. The number of hydrogen-bond acceptors (Lipinski definition) is 4. The van der Waals surface area contributed by atoms with Crippen LogP contribution in [-0.2, 0) is 11.3 Å². The average Bonchev–Trinajstić information content (AvgIpc) is 2.88. The summed E-state index contributed by atoms with van der Waals surface area (Å²) in [5.41, 5.74) is 5.49. The third-order valence-corrected chi connectivity index (χ3v) is 2.57. The van der Waals surface area contributed by atoms with Gasteiger partial charge in [0.15, 0.2) is 5.84 Å². The second kappa shape index (κ2) is 7.31. The summed E-state index contributed by atoms with van der Waals surface area (Å²) in [5.74, 6) is -0.842. The second-order valence-electron chi connectivity index (χ2n) is 3.93. The van der Waals surface area contributed by atoms with E-state index in [4.69, 9.17) is 10.9 Å². The number of nitrogens with zero attached hydrogens (tertiary/aromatic N) is 3. The van der Waals surface area contributed by atoms with E-state index in [2.05, 4.69) is 15.6 Å². The highest BCUT2D eigenvalue weighted by Crippen LogP contribution is 2.06. The zero-order valence-electron chi connectivity index (χ0n) is 10.4. The molecule has 1 rings (SSSR count). The molecule has 18 heavy (non-hydrogen) atoms. The molecule has 0 aliphatic rings. The predicted molar refractivity (Wildman–Crippen MR) is 67.0 cm³/mol. The lowest BCUT2D eigenvalue weighted by molar-refractivity contribution is -0.123. The van der Waals surface area contributed by atoms with Gasteiger partial charge < -0.3 is 16.3 Å². The van der Waals surface area contributed by atoms with Crippen LogP contribution in [-0.4, -0.2) is 33.3 Å². The highest BCUT2D eigenvalue weighted by molar-refractivity contribution is 6.01. The van der Waals surface area contributed by atoms with Gasteiger partial charge in [-0.1, -0.05) is 18.5 Å². The molecule has 1 aromatic heterocycles. The maximum atomic E-state index is 11.8. The summed E-state index contributed by atoms with van der Waals surface area (Å²) in [5, 5.41) is 18.3. The van der Waals surface area contributed by atoms with Crippen LogP contribution in [0.5, 0.6) is 0 Å². The van der Waals surface area contributed by atoms with Crippen molar-refractivity contribution in [2.45, 2.75) is 26.3 Å². The normalized spacial score (nSPS) is 13.3. The van der Waals surface area contributed by atoms with Crippen molar-refractivity contribution >= 4 is 11.7 Å². The van der Waals surface area contributed by atoms with Crippen molar-refractivity contribution in [2.75, 3.05) is 6.54 Å². The van der Waals surface area contributed by atoms with E-state index in [1.54, 1.807) is 10.9 Å². The number of carbonyl (C=O) groups is 1. The van der Waals surface area contributed by atoms with Gasteiger partial charge in [-0.3, -0.25) is 9.48 Å². The first-order valence-corrected chi connectivity index (χ1v) is 5.91. The number of oxime groups is 1. The Labute approximate surface area is 106 Å². The molecule has 0 saturated heterocycles. The van der Waals surface area contributed by atoms with Gasteiger partial charge in [0, 0.05) is 18.9 Å². The molecule has 0 radical (unpaired) electrons. The number of carbonyl (C=O) groups excluding carboxylic acids is 1. The van der Waals surface area contributed by atoms with Gasteiger partial charge in [-0.2, -0.15) is 5.10 Å². The molecule has 0 aliphatic heterocycles. The molecule has 7 nitrogen and oxygen atoms in total. The molecular formula is C11H19N5O2. The SMILES string of the molecule is CCCC(C(=O)NCCn1cccn1)C(N)=NO. The average molecular weight is 253 g/mol. The highest BCUT2D eigenvalue weighted by Gasteiger charge is 2.21. The summed E-state index contributed by atoms with van der Waals surface area (Å²) < 4.78 is 1.72. The Bertz CT molecular complexity index is 388. The molecule has 1 unspecified atom stereocenters. The molecule has 1 heterocycles. The quantitative estimate of drug-likeness (QED) is 0.278. The van der Waals surface area contributed by atoms with Crippen LogP contribution >= 0.6 is 0 Å². The first-order chi connectivity index (χ1) is 8.69. The number of nitrogens with one attached hydrogen (secondary N) is 1. The summed E-state index contributed by atoms with van der Waals surface area (Å²) in [7, 11) is 0. The Morgan fingerprint density at radius 3 is 3.00 bits per heavy atom. The van der Waals surface area contributed by atoms with Crippen molar-refractivity contribution < 1.29 is 10.0 Å². The second-order valence-corrected chi connectivity index (χ2v) is 3.93. The maximum Gasteiger partial charge on any atom is 0.230 e. The summed E-state index contributed by atoms with van der Waals surface area (Å²) in [6.07, 6.45) is 4.84. The molecule has 0 bridgehead atoms. The van der Waals surface area contributed by atoms with E-state index in [1.807, 2.05) is 19.2 Å². The van der Waals surface area contributed by atoms with E-state index < -0.39 is 5.92 Å².